The van der Waals surface area contributed by atoms with E-state index in [9.17, 15) is 9.59 Å². The van der Waals surface area contributed by atoms with Gasteiger partial charge in [-0.3, -0.25) is 4.90 Å². The zero-order valence-electron chi connectivity index (χ0n) is 18.5. The zero-order valence-corrected chi connectivity index (χ0v) is 18.5. The van der Waals surface area contributed by atoms with Crippen LogP contribution in [0.1, 0.15) is 38.3 Å². The van der Waals surface area contributed by atoms with Crippen LogP contribution in [0.5, 0.6) is 0 Å². The molecule has 1 amide bonds. The van der Waals surface area contributed by atoms with Gasteiger partial charge in [-0.2, -0.15) is 9.78 Å². The van der Waals surface area contributed by atoms with Gasteiger partial charge in [0.25, 0.3) is 0 Å². The second-order valence-electron chi connectivity index (χ2n) is 8.44. The van der Waals surface area contributed by atoms with E-state index in [0.29, 0.717) is 18.7 Å². The van der Waals surface area contributed by atoms with E-state index in [1.54, 1.807) is 11.8 Å². The summed E-state index contributed by atoms with van der Waals surface area (Å²) in [7, 11) is 0. The molecule has 0 bridgehead atoms. The number of aryl methyl sites for hydroxylation is 2. The number of rotatable bonds is 5. The summed E-state index contributed by atoms with van der Waals surface area (Å²) in [4.78, 5) is 28.0. The molecule has 0 spiro atoms. The molecule has 32 heavy (non-hydrogen) atoms. The van der Waals surface area contributed by atoms with E-state index in [-0.39, 0.29) is 11.7 Å². The first kappa shape index (κ1) is 21.8. The Bertz CT molecular complexity index is 1110. The topological polar surface area (TPSA) is 78.7 Å². The summed E-state index contributed by atoms with van der Waals surface area (Å²) < 4.78 is 1.14. The predicted molar refractivity (Wildman–Crippen MR) is 122 cm³/mol. The van der Waals surface area contributed by atoms with E-state index in [1.807, 2.05) is 0 Å². The molecule has 1 saturated heterocycles. The van der Waals surface area contributed by atoms with Crippen LogP contribution in [0, 0.1) is 13.8 Å². The number of hydrogen-bond donors (Lipinski definition) is 1. The largest absolute Gasteiger partial charge is 0.476 e. The van der Waals surface area contributed by atoms with Gasteiger partial charge in [0.2, 0.25) is 0 Å². The van der Waals surface area contributed by atoms with Crippen molar-refractivity contribution in [3.8, 4) is 0 Å². The molecule has 0 aliphatic carbocycles. The van der Waals surface area contributed by atoms with E-state index in [1.165, 1.54) is 28.5 Å². The molecule has 1 aromatic heterocycles. The van der Waals surface area contributed by atoms with Gasteiger partial charge in [-0.25, -0.2) is 9.59 Å². The number of nitrogens with zero attached hydrogens (tertiary/aromatic N) is 4. The molecule has 0 radical (unpaired) electrons. The van der Waals surface area contributed by atoms with Crippen molar-refractivity contribution in [3.05, 3.63) is 88.2 Å². The third kappa shape index (κ3) is 5.06. The summed E-state index contributed by atoms with van der Waals surface area (Å²) in [5.41, 5.74) is 5.54. The van der Waals surface area contributed by atoms with E-state index >= 15 is 0 Å². The summed E-state index contributed by atoms with van der Waals surface area (Å²) in [6.45, 7) is 7.28. The van der Waals surface area contributed by atoms with Crippen LogP contribution in [-0.4, -0.2) is 62.9 Å². The first-order chi connectivity index (χ1) is 15.4. The fourth-order valence-corrected chi connectivity index (χ4v) is 4.05. The highest BCUT2D eigenvalue weighted by molar-refractivity contribution is 5.88. The van der Waals surface area contributed by atoms with Crippen molar-refractivity contribution < 1.29 is 14.7 Å². The SMILES string of the molecule is Cc1ccc(Cc2cccc(CN3CCN(C(=O)n4cc(C)c(C(=O)O)n4)CC3)c2)cc1. The lowest BCUT2D eigenvalue weighted by Gasteiger charge is -2.34. The number of hydrogen-bond acceptors (Lipinski definition) is 4. The first-order valence-electron chi connectivity index (χ1n) is 10.8. The molecule has 0 atom stereocenters. The smallest absolute Gasteiger partial charge is 0.356 e. The fraction of sp³-hybridized carbons (Fsp3) is 0.320. The van der Waals surface area contributed by atoms with Crippen LogP contribution in [0.15, 0.2) is 54.7 Å². The molecule has 2 aromatic carbocycles. The maximum absolute atomic E-state index is 12.7. The standard InChI is InChI=1S/C25H28N4O3/c1-18-6-8-20(9-7-18)14-21-4-3-5-22(15-21)17-27-10-12-28(13-11-27)25(32)29-16-19(2)23(26-29)24(30)31/h3-9,15-16H,10-14,17H2,1-2H3,(H,30,31). The second kappa shape index (κ2) is 9.36. The lowest BCUT2D eigenvalue weighted by atomic mass is 10.0. The second-order valence-corrected chi connectivity index (χ2v) is 8.44. The van der Waals surface area contributed by atoms with Crippen molar-refractivity contribution in [1.82, 2.24) is 19.6 Å². The number of piperazine rings is 1. The van der Waals surface area contributed by atoms with Crippen LogP contribution in [0.4, 0.5) is 4.79 Å². The number of benzene rings is 2. The summed E-state index contributed by atoms with van der Waals surface area (Å²) in [6, 6.07) is 17.1. The molecule has 166 valence electrons. The molecule has 1 N–H and O–H groups in total. The van der Waals surface area contributed by atoms with Crippen molar-refractivity contribution in [2.75, 3.05) is 26.2 Å². The molecule has 1 fully saturated rings. The zero-order chi connectivity index (χ0) is 22.7. The van der Waals surface area contributed by atoms with Gasteiger partial charge in [-0.1, -0.05) is 54.1 Å². The molecule has 7 nitrogen and oxygen atoms in total. The molecule has 1 aliphatic heterocycles. The lowest BCUT2D eigenvalue weighted by Crippen LogP contribution is -2.49. The minimum atomic E-state index is -1.12. The first-order valence-corrected chi connectivity index (χ1v) is 10.8. The van der Waals surface area contributed by atoms with Gasteiger partial charge in [-0.05, 0) is 37.0 Å². The molecule has 0 unspecified atom stereocenters. The normalized spacial score (nSPS) is 14.5. The van der Waals surface area contributed by atoms with Gasteiger partial charge >= 0.3 is 12.0 Å². The van der Waals surface area contributed by atoms with Gasteiger partial charge in [0, 0.05) is 44.5 Å². The molecule has 3 aromatic rings. The maximum atomic E-state index is 12.7. The average molecular weight is 433 g/mol. The average Bonchev–Trinajstić information content (AvgIpc) is 3.18. The predicted octanol–water partition coefficient (Wildman–Crippen LogP) is 3.57. The Morgan fingerprint density at radius 1 is 0.938 bits per heavy atom. The van der Waals surface area contributed by atoms with Crippen LogP contribution in [0.25, 0.3) is 0 Å². The number of carboxylic acid groups (broad SMARTS) is 1. The van der Waals surface area contributed by atoms with Gasteiger partial charge in [0.1, 0.15) is 0 Å². The third-order valence-electron chi connectivity index (χ3n) is 5.86. The molecular weight excluding hydrogens is 404 g/mol. The number of aromatic nitrogens is 2. The Balaban J connectivity index is 1.33. The van der Waals surface area contributed by atoms with Gasteiger partial charge < -0.3 is 10.0 Å². The number of carboxylic acids is 1. The Hall–Kier alpha value is -3.45. The molecular formula is C25H28N4O3. The van der Waals surface area contributed by atoms with E-state index in [2.05, 4.69) is 65.5 Å². The summed E-state index contributed by atoms with van der Waals surface area (Å²) in [5.74, 6) is -1.12. The molecule has 4 rings (SSSR count). The highest BCUT2D eigenvalue weighted by Crippen LogP contribution is 2.15. The molecule has 1 aliphatic rings. The highest BCUT2D eigenvalue weighted by Gasteiger charge is 2.24. The van der Waals surface area contributed by atoms with Crippen LogP contribution >= 0.6 is 0 Å². The summed E-state index contributed by atoms with van der Waals surface area (Å²) in [6.07, 6.45) is 2.40. The maximum Gasteiger partial charge on any atom is 0.356 e. The van der Waals surface area contributed by atoms with Crippen molar-refractivity contribution in [3.63, 3.8) is 0 Å². The highest BCUT2D eigenvalue weighted by atomic mass is 16.4. The van der Waals surface area contributed by atoms with Crippen LogP contribution in [0.2, 0.25) is 0 Å². The molecule has 0 saturated carbocycles. The van der Waals surface area contributed by atoms with E-state index in [0.717, 1.165) is 30.7 Å². The molecule has 2 heterocycles. The number of aromatic carboxylic acids is 1. The van der Waals surface area contributed by atoms with E-state index in [4.69, 9.17) is 5.11 Å². The molecule has 7 heteroatoms. The summed E-state index contributed by atoms with van der Waals surface area (Å²) in [5, 5.41) is 13.1. The quantitative estimate of drug-likeness (QED) is 0.667. The number of carbonyl (C=O) groups excluding carboxylic acids is 1. The Morgan fingerprint density at radius 3 is 2.28 bits per heavy atom. The van der Waals surface area contributed by atoms with E-state index < -0.39 is 5.97 Å². The van der Waals surface area contributed by atoms with Crippen molar-refractivity contribution in [2.24, 2.45) is 0 Å². The van der Waals surface area contributed by atoms with Crippen LogP contribution < -0.4 is 0 Å². The Labute approximate surface area is 187 Å². The van der Waals surface area contributed by atoms with Crippen molar-refractivity contribution >= 4 is 12.0 Å². The minimum absolute atomic E-state index is 0.0810. The van der Waals surface area contributed by atoms with Gasteiger partial charge in [-0.15, -0.1) is 0 Å². The van der Waals surface area contributed by atoms with Crippen molar-refractivity contribution in [2.45, 2.75) is 26.8 Å². The van der Waals surface area contributed by atoms with Crippen LogP contribution in [-0.2, 0) is 13.0 Å². The number of amides is 1. The lowest BCUT2D eigenvalue weighted by molar-refractivity contribution is 0.0689. The summed E-state index contributed by atoms with van der Waals surface area (Å²) >= 11 is 0. The number of carbonyl (C=O) groups is 2. The third-order valence-corrected chi connectivity index (χ3v) is 5.86. The fourth-order valence-electron chi connectivity index (χ4n) is 4.05. The van der Waals surface area contributed by atoms with Gasteiger partial charge in [0.15, 0.2) is 5.69 Å². The Morgan fingerprint density at radius 2 is 1.62 bits per heavy atom. The van der Waals surface area contributed by atoms with Gasteiger partial charge in [0.05, 0.1) is 0 Å². The minimum Gasteiger partial charge on any atom is -0.476 e. The Kier molecular flexibility index (Phi) is 6.37. The van der Waals surface area contributed by atoms with Crippen molar-refractivity contribution in [1.29, 1.82) is 0 Å². The monoisotopic (exact) mass is 432 g/mol. The van der Waals surface area contributed by atoms with Crippen LogP contribution in [0.3, 0.4) is 0 Å².